The number of rotatable bonds is 4. The molecule has 1 amide bonds. The molecule has 2 aromatic heterocycles. The first kappa shape index (κ1) is 17.7. The van der Waals surface area contributed by atoms with Gasteiger partial charge in [0, 0.05) is 17.3 Å². The van der Waals surface area contributed by atoms with Gasteiger partial charge in [-0.15, -0.1) is 5.10 Å². The summed E-state index contributed by atoms with van der Waals surface area (Å²) >= 11 is 0. The van der Waals surface area contributed by atoms with Crippen molar-refractivity contribution >= 4 is 23.3 Å². The summed E-state index contributed by atoms with van der Waals surface area (Å²) in [5.41, 5.74) is 3.56. The van der Waals surface area contributed by atoms with E-state index in [1.165, 1.54) is 6.33 Å². The molecule has 0 fully saturated rings. The lowest BCUT2D eigenvalue weighted by Gasteiger charge is -2.11. The molecule has 0 spiro atoms. The first-order valence-electron chi connectivity index (χ1n) is 9.18. The summed E-state index contributed by atoms with van der Waals surface area (Å²) in [6, 6.07) is 18.9. The van der Waals surface area contributed by atoms with Crippen molar-refractivity contribution in [3.8, 4) is 11.6 Å². The molecule has 0 saturated carbocycles. The lowest BCUT2D eigenvalue weighted by atomic mass is 10.0. The van der Waals surface area contributed by atoms with Gasteiger partial charge in [-0.2, -0.15) is 0 Å². The number of fused-ring (bicyclic) bond motifs is 1. The van der Waals surface area contributed by atoms with Crippen LogP contribution in [0.25, 0.3) is 11.6 Å². The van der Waals surface area contributed by atoms with Crippen LogP contribution >= 0.6 is 0 Å². The third-order valence-electron chi connectivity index (χ3n) is 4.48. The number of benzodiazepines with no additional fused rings is 1. The zero-order chi connectivity index (χ0) is 20.3. The highest BCUT2D eigenvalue weighted by Gasteiger charge is 2.27. The Labute approximate surface area is 170 Å². The van der Waals surface area contributed by atoms with E-state index in [2.05, 4.69) is 35.8 Å². The second-order valence-corrected chi connectivity index (χ2v) is 6.43. The van der Waals surface area contributed by atoms with Gasteiger partial charge >= 0.3 is 6.01 Å². The molecule has 0 saturated heterocycles. The molecule has 0 radical (unpaired) electrons. The van der Waals surface area contributed by atoms with Gasteiger partial charge in [-0.05, 0) is 12.1 Å². The topological polar surface area (TPSA) is 118 Å². The molecule has 4 aromatic rings. The Bertz CT molecular complexity index is 1220. The Balaban J connectivity index is 1.51. The van der Waals surface area contributed by atoms with Crippen LogP contribution in [0.5, 0.6) is 0 Å². The zero-order valence-corrected chi connectivity index (χ0v) is 15.6. The predicted molar refractivity (Wildman–Crippen MR) is 110 cm³/mol. The number of para-hydroxylation sites is 1. The molecule has 30 heavy (non-hydrogen) atoms. The normalized spacial score (nSPS) is 15.5. The molecule has 1 aliphatic heterocycles. The molecule has 2 aromatic carbocycles. The maximum Gasteiger partial charge on any atom is 0.317 e. The molecule has 0 aliphatic carbocycles. The molecule has 1 atom stereocenters. The van der Waals surface area contributed by atoms with E-state index >= 15 is 0 Å². The molecule has 0 bridgehead atoms. The molecule has 2 N–H and O–H groups in total. The number of benzene rings is 2. The third kappa shape index (κ3) is 3.39. The minimum Gasteiger partial charge on any atom is -0.402 e. The lowest BCUT2D eigenvalue weighted by molar-refractivity contribution is -0.116. The number of hydrogen-bond acceptors (Lipinski definition) is 8. The van der Waals surface area contributed by atoms with Crippen LogP contribution in [-0.2, 0) is 4.79 Å². The average molecular weight is 397 g/mol. The SMILES string of the molecule is O=C1Nc2ccccc2C(c2ccccc2)=NC1Nc1nnc(-c2ccncn2)o1. The van der Waals surface area contributed by atoms with E-state index in [1.54, 1.807) is 12.3 Å². The second-order valence-electron chi connectivity index (χ2n) is 6.43. The standard InChI is InChI=1S/C21H15N7O2/c29-19-18(26-21-28-27-20(30-21)16-10-11-22-12-23-16)25-17(13-6-2-1-3-7-13)14-8-4-5-9-15(14)24-19/h1-12,18H,(H,24,29)(H,26,28). The number of hydrogen-bond donors (Lipinski definition) is 2. The van der Waals surface area contributed by atoms with E-state index in [9.17, 15) is 4.79 Å². The van der Waals surface area contributed by atoms with Crippen LogP contribution < -0.4 is 10.6 Å². The summed E-state index contributed by atoms with van der Waals surface area (Å²) in [6.07, 6.45) is 2.00. The van der Waals surface area contributed by atoms with Crippen molar-refractivity contribution in [1.82, 2.24) is 20.2 Å². The van der Waals surface area contributed by atoms with Crippen molar-refractivity contribution in [2.75, 3.05) is 10.6 Å². The summed E-state index contributed by atoms with van der Waals surface area (Å²) < 4.78 is 5.61. The van der Waals surface area contributed by atoms with Crippen LogP contribution in [0.3, 0.4) is 0 Å². The molecule has 9 heteroatoms. The fourth-order valence-corrected chi connectivity index (χ4v) is 3.10. The third-order valence-corrected chi connectivity index (χ3v) is 4.48. The summed E-state index contributed by atoms with van der Waals surface area (Å²) in [4.78, 5) is 25.5. The molecular weight excluding hydrogens is 382 g/mol. The van der Waals surface area contributed by atoms with Crippen molar-refractivity contribution < 1.29 is 9.21 Å². The van der Waals surface area contributed by atoms with Crippen LogP contribution in [0, 0.1) is 0 Å². The number of aromatic nitrogens is 4. The number of aliphatic imine (C=N–C) groups is 1. The van der Waals surface area contributed by atoms with Gasteiger partial charge in [0.15, 0.2) is 0 Å². The van der Waals surface area contributed by atoms with Crippen molar-refractivity contribution in [1.29, 1.82) is 0 Å². The molecule has 9 nitrogen and oxygen atoms in total. The lowest BCUT2D eigenvalue weighted by Crippen LogP contribution is -2.32. The van der Waals surface area contributed by atoms with Gasteiger partial charge in [0.1, 0.15) is 12.0 Å². The van der Waals surface area contributed by atoms with E-state index in [0.29, 0.717) is 17.1 Å². The highest BCUT2D eigenvalue weighted by atomic mass is 16.4. The Hall–Kier alpha value is -4.40. The summed E-state index contributed by atoms with van der Waals surface area (Å²) in [7, 11) is 0. The fraction of sp³-hybridized carbons (Fsp3) is 0.0476. The van der Waals surface area contributed by atoms with Crippen molar-refractivity contribution in [3.05, 3.63) is 84.3 Å². The molecule has 146 valence electrons. The van der Waals surface area contributed by atoms with Crippen molar-refractivity contribution in [3.63, 3.8) is 0 Å². The maximum absolute atomic E-state index is 12.8. The number of carbonyl (C=O) groups is 1. The van der Waals surface area contributed by atoms with Crippen LogP contribution in [0.1, 0.15) is 11.1 Å². The van der Waals surface area contributed by atoms with E-state index < -0.39 is 6.17 Å². The Morgan fingerprint density at radius 1 is 0.967 bits per heavy atom. The van der Waals surface area contributed by atoms with Crippen molar-refractivity contribution in [2.45, 2.75) is 6.17 Å². The van der Waals surface area contributed by atoms with Gasteiger partial charge < -0.3 is 15.1 Å². The number of carbonyl (C=O) groups excluding carboxylic acids is 1. The molecule has 3 heterocycles. The maximum atomic E-state index is 12.8. The Kier molecular flexibility index (Phi) is 4.45. The summed E-state index contributed by atoms with van der Waals surface area (Å²) in [6.45, 7) is 0. The largest absolute Gasteiger partial charge is 0.402 e. The highest BCUT2D eigenvalue weighted by Crippen LogP contribution is 2.25. The van der Waals surface area contributed by atoms with Crippen LogP contribution in [0.4, 0.5) is 11.7 Å². The first-order chi connectivity index (χ1) is 14.8. The van der Waals surface area contributed by atoms with Crippen molar-refractivity contribution in [2.24, 2.45) is 4.99 Å². The van der Waals surface area contributed by atoms with Gasteiger partial charge in [-0.25, -0.2) is 15.0 Å². The molecule has 5 rings (SSSR count). The fourth-order valence-electron chi connectivity index (χ4n) is 3.10. The number of amides is 1. The predicted octanol–water partition coefficient (Wildman–Crippen LogP) is 2.75. The highest BCUT2D eigenvalue weighted by molar-refractivity contribution is 6.19. The smallest absolute Gasteiger partial charge is 0.317 e. The number of nitrogens with one attached hydrogen (secondary N) is 2. The van der Waals surface area contributed by atoms with E-state index in [0.717, 1.165) is 11.1 Å². The van der Waals surface area contributed by atoms with E-state index in [4.69, 9.17) is 4.42 Å². The minimum absolute atomic E-state index is 0.0610. The zero-order valence-electron chi connectivity index (χ0n) is 15.6. The van der Waals surface area contributed by atoms with Gasteiger partial charge in [0.2, 0.25) is 6.17 Å². The Morgan fingerprint density at radius 3 is 2.63 bits per heavy atom. The second kappa shape index (κ2) is 7.55. The minimum atomic E-state index is -0.966. The molecule has 1 unspecified atom stereocenters. The van der Waals surface area contributed by atoms with Crippen LogP contribution in [0.15, 0.2) is 82.6 Å². The molecular formula is C21H15N7O2. The average Bonchev–Trinajstić information content (AvgIpc) is 3.21. The summed E-state index contributed by atoms with van der Waals surface area (Å²) in [5, 5.41) is 13.7. The monoisotopic (exact) mass is 397 g/mol. The van der Waals surface area contributed by atoms with E-state index in [-0.39, 0.29) is 17.8 Å². The van der Waals surface area contributed by atoms with Gasteiger partial charge in [-0.1, -0.05) is 53.6 Å². The van der Waals surface area contributed by atoms with Crippen LogP contribution in [-0.4, -0.2) is 37.9 Å². The first-order valence-corrected chi connectivity index (χ1v) is 9.18. The summed E-state index contributed by atoms with van der Waals surface area (Å²) in [5.74, 6) is -0.125. The van der Waals surface area contributed by atoms with Gasteiger partial charge in [0.25, 0.3) is 11.8 Å². The van der Waals surface area contributed by atoms with E-state index in [1.807, 2.05) is 54.6 Å². The number of nitrogens with zero attached hydrogens (tertiary/aromatic N) is 5. The molecule has 1 aliphatic rings. The Morgan fingerprint density at radius 2 is 1.80 bits per heavy atom. The quantitative estimate of drug-likeness (QED) is 0.543. The van der Waals surface area contributed by atoms with Crippen LogP contribution in [0.2, 0.25) is 0 Å². The van der Waals surface area contributed by atoms with Gasteiger partial charge in [-0.3, -0.25) is 4.79 Å². The number of anilines is 2. The van der Waals surface area contributed by atoms with Gasteiger partial charge in [0.05, 0.1) is 11.4 Å².